The fourth-order valence-corrected chi connectivity index (χ4v) is 8.64. The summed E-state index contributed by atoms with van der Waals surface area (Å²) in [6.07, 6.45) is 0. The molecule has 0 saturated carbocycles. The van der Waals surface area contributed by atoms with Gasteiger partial charge >= 0.3 is 0 Å². The third-order valence-corrected chi connectivity index (χ3v) is 10.7. The van der Waals surface area contributed by atoms with Gasteiger partial charge in [-0.2, -0.15) is 0 Å². The highest BCUT2D eigenvalue weighted by Crippen LogP contribution is 2.49. The standard InChI is InChI=1S/C44H27NS/c1-2-11-31(12-3-1)45-40-18-6-4-13-34(40)39-26-30-10-8-15-32(38(30)27-41(39)45)28-20-22-29(23-21-28)33-24-25-43-44-36(33)16-9-17-37(44)35-14-5-7-19-42(35)46-43/h1-27H. The summed E-state index contributed by atoms with van der Waals surface area (Å²) in [6, 6.07) is 60.2. The van der Waals surface area contributed by atoms with E-state index < -0.39 is 0 Å². The van der Waals surface area contributed by atoms with Crippen LogP contribution in [0.25, 0.3) is 82.4 Å². The molecular weight excluding hydrogens is 575 g/mol. The van der Waals surface area contributed by atoms with Gasteiger partial charge in [0.25, 0.3) is 0 Å². The van der Waals surface area contributed by atoms with Crippen LogP contribution < -0.4 is 0 Å². The van der Waals surface area contributed by atoms with E-state index in [0.29, 0.717) is 0 Å². The summed E-state index contributed by atoms with van der Waals surface area (Å²) >= 11 is 1.88. The molecule has 0 unspecified atom stereocenters. The van der Waals surface area contributed by atoms with E-state index in [4.69, 9.17) is 0 Å². The molecule has 214 valence electrons. The molecule has 0 aliphatic carbocycles. The molecule has 0 spiro atoms. The van der Waals surface area contributed by atoms with Gasteiger partial charge in [0, 0.05) is 31.6 Å². The lowest BCUT2D eigenvalue weighted by atomic mass is 9.91. The quantitative estimate of drug-likeness (QED) is 0.195. The summed E-state index contributed by atoms with van der Waals surface area (Å²) in [5.41, 5.74) is 11.3. The van der Waals surface area contributed by atoms with Crippen LogP contribution in [0.5, 0.6) is 0 Å². The molecule has 10 rings (SSSR count). The monoisotopic (exact) mass is 601 g/mol. The van der Waals surface area contributed by atoms with Crippen LogP contribution >= 0.6 is 11.8 Å². The topological polar surface area (TPSA) is 4.93 Å². The van der Waals surface area contributed by atoms with Crippen molar-refractivity contribution in [3.8, 4) is 39.1 Å². The summed E-state index contributed by atoms with van der Waals surface area (Å²) < 4.78 is 2.40. The number of hydrogen-bond donors (Lipinski definition) is 0. The lowest BCUT2D eigenvalue weighted by Crippen LogP contribution is -1.94. The Morgan fingerprint density at radius 3 is 1.91 bits per heavy atom. The van der Waals surface area contributed by atoms with E-state index in [9.17, 15) is 0 Å². The first-order valence-electron chi connectivity index (χ1n) is 15.8. The summed E-state index contributed by atoms with van der Waals surface area (Å²) in [5.74, 6) is 0. The van der Waals surface area contributed by atoms with Crippen molar-refractivity contribution < 1.29 is 0 Å². The molecule has 2 heteroatoms. The fourth-order valence-electron chi connectivity index (χ4n) is 7.51. The first kappa shape index (κ1) is 25.7. The van der Waals surface area contributed by atoms with Crippen LogP contribution in [0.1, 0.15) is 0 Å². The highest BCUT2D eigenvalue weighted by atomic mass is 32.2. The lowest BCUT2D eigenvalue weighted by Gasteiger charge is -2.21. The van der Waals surface area contributed by atoms with Gasteiger partial charge in [0.2, 0.25) is 0 Å². The molecule has 0 N–H and O–H groups in total. The van der Waals surface area contributed by atoms with E-state index in [1.807, 2.05) is 11.8 Å². The first-order chi connectivity index (χ1) is 22.8. The average molecular weight is 602 g/mol. The van der Waals surface area contributed by atoms with Crippen molar-refractivity contribution in [1.82, 2.24) is 4.57 Å². The minimum absolute atomic E-state index is 1.18. The number of para-hydroxylation sites is 2. The summed E-state index contributed by atoms with van der Waals surface area (Å²) in [6.45, 7) is 0. The van der Waals surface area contributed by atoms with E-state index in [1.54, 1.807) is 0 Å². The molecule has 0 fully saturated rings. The van der Waals surface area contributed by atoms with Gasteiger partial charge in [-0.1, -0.05) is 133 Å². The molecule has 8 aromatic carbocycles. The van der Waals surface area contributed by atoms with Crippen molar-refractivity contribution in [1.29, 1.82) is 0 Å². The van der Waals surface area contributed by atoms with E-state index in [2.05, 4.69) is 168 Å². The molecule has 0 saturated heterocycles. The molecule has 0 bridgehead atoms. The van der Waals surface area contributed by atoms with Crippen molar-refractivity contribution in [2.24, 2.45) is 0 Å². The van der Waals surface area contributed by atoms with Crippen molar-refractivity contribution in [3.63, 3.8) is 0 Å². The van der Waals surface area contributed by atoms with Crippen molar-refractivity contribution in [2.75, 3.05) is 0 Å². The second-order valence-electron chi connectivity index (χ2n) is 12.1. The third kappa shape index (κ3) is 3.77. The minimum atomic E-state index is 1.18. The van der Waals surface area contributed by atoms with Crippen LogP contribution in [0.15, 0.2) is 174 Å². The maximum Gasteiger partial charge on any atom is 0.0547 e. The van der Waals surface area contributed by atoms with Crippen LogP contribution in [-0.4, -0.2) is 4.57 Å². The van der Waals surface area contributed by atoms with E-state index >= 15 is 0 Å². The average Bonchev–Trinajstić information content (AvgIpc) is 3.44. The second kappa shape index (κ2) is 9.97. The molecule has 1 nitrogen and oxygen atoms in total. The zero-order valence-corrected chi connectivity index (χ0v) is 25.8. The van der Waals surface area contributed by atoms with Crippen molar-refractivity contribution >= 4 is 55.1 Å². The Bertz CT molecular complexity index is 2650. The predicted octanol–water partition coefficient (Wildman–Crippen LogP) is 12.6. The zero-order valence-electron chi connectivity index (χ0n) is 24.9. The molecule has 1 aliphatic heterocycles. The number of nitrogens with zero attached hydrogens (tertiary/aromatic N) is 1. The summed E-state index contributed by atoms with van der Waals surface area (Å²) in [7, 11) is 0. The Hall–Kier alpha value is -5.57. The molecule has 46 heavy (non-hydrogen) atoms. The van der Waals surface area contributed by atoms with Gasteiger partial charge in [0.1, 0.15) is 0 Å². The predicted molar refractivity (Wildman–Crippen MR) is 196 cm³/mol. The number of aromatic nitrogens is 1. The number of rotatable bonds is 3. The highest BCUT2D eigenvalue weighted by molar-refractivity contribution is 7.99. The molecule has 0 amide bonds. The number of hydrogen-bond acceptors (Lipinski definition) is 1. The minimum Gasteiger partial charge on any atom is -0.309 e. The Kier molecular flexibility index (Phi) is 5.58. The van der Waals surface area contributed by atoms with Crippen LogP contribution in [0.2, 0.25) is 0 Å². The van der Waals surface area contributed by atoms with E-state index in [0.717, 1.165) is 0 Å². The van der Waals surface area contributed by atoms with Crippen LogP contribution in [0.4, 0.5) is 0 Å². The van der Waals surface area contributed by atoms with Gasteiger partial charge in [-0.05, 0) is 92.0 Å². The fraction of sp³-hybridized carbons (Fsp3) is 0. The van der Waals surface area contributed by atoms with Crippen LogP contribution in [0.3, 0.4) is 0 Å². The van der Waals surface area contributed by atoms with E-state index in [-0.39, 0.29) is 0 Å². The SMILES string of the molecule is c1ccc(-n2c3ccccc3c3cc4cccc(-c5ccc(-c6ccc7c8c(cccc68)-c6ccccc6S7)cc5)c4cc32)cc1. The van der Waals surface area contributed by atoms with Gasteiger partial charge in [0.15, 0.2) is 0 Å². The zero-order chi connectivity index (χ0) is 30.2. The Morgan fingerprint density at radius 2 is 1.04 bits per heavy atom. The van der Waals surface area contributed by atoms with Gasteiger partial charge in [-0.3, -0.25) is 0 Å². The van der Waals surface area contributed by atoms with Crippen LogP contribution in [0, 0.1) is 0 Å². The molecule has 0 radical (unpaired) electrons. The molecule has 2 heterocycles. The largest absolute Gasteiger partial charge is 0.309 e. The molecule has 1 aliphatic rings. The van der Waals surface area contributed by atoms with Gasteiger partial charge in [0.05, 0.1) is 11.0 Å². The van der Waals surface area contributed by atoms with E-state index in [1.165, 1.54) is 92.2 Å². The Balaban J connectivity index is 1.12. The Labute approximate surface area is 271 Å². The lowest BCUT2D eigenvalue weighted by molar-refractivity contribution is 1.18. The summed E-state index contributed by atoms with van der Waals surface area (Å²) in [4.78, 5) is 2.66. The number of benzene rings is 8. The smallest absolute Gasteiger partial charge is 0.0547 e. The Morgan fingerprint density at radius 1 is 0.370 bits per heavy atom. The van der Waals surface area contributed by atoms with Crippen molar-refractivity contribution in [2.45, 2.75) is 9.79 Å². The van der Waals surface area contributed by atoms with Gasteiger partial charge in [-0.15, -0.1) is 0 Å². The first-order valence-corrected chi connectivity index (χ1v) is 16.6. The maximum absolute atomic E-state index is 2.40. The third-order valence-electron chi connectivity index (χ3n) is 9.59. The van der Waals surface area contributed by atoms with Crippen LogP contribution in [-0.2, 0) is 0 Å². The maximum atomic E-state index is 2.40. The highest BCUT2D eigenvalue weighted by Gasteiger charge is 2.20. The van der Waals surface area contributed by atoms with Crippen molar-refractivity contribution in [3.05, 3.63) is 164 Å². The molecular formula is C44H27NS. The molecule has 0 atom stereocenters. The molecule has 1 aromatic heterocycles. The van der Waals surface area contributed by atoms with Gasteiger partial charge < -0.3 is 4.57 Å². The number of fused-ring (bicyclic) bond motifs is 6. The summed E-state index contributed by atoms with van der Waals surface area (Å²) in [5, 5.41) is 7.75. The second-order valence-corrected chi connectivity index (χ2v) is 13.2. The molecule has 9 aromatic rings. The normalized spacial score (nSPS) is 12.3. The van der Waals surface area contributed by atoms with Gasteiger partial charge in [-0.25, -0.2) is 0 Å².